The highest BCUT2D eigenvalue weighted by atomic mass is 16.5. The summed E-state index contributed by atoms with van der Waals surface area (Å²) in [5.41, 5.74) is 6.28. The van der Waals surface area contributed by atoms with Crippen molar-refractivity contribution in [3.05, 3.63) is 0 Å². The summed E-state index contributed by atoms with van der Waals surface area (Å²) < 4.78 is 5.44. The molecule has 1 aliphatic rings. The van der Waals surface area contributed by atoms with Crippen LogP contribution in [-0.2, 0) is 4.74 Å². The summed E-state index contributed by atoms with van der Waals surface area (Å²) in [5.74, 6) is 0. The van der Waals surface area contributed by atoms with Crippen LogP contribution in [-0.4, -0.2) is 42.8 Å². The highest BCUT2D eigenvalue weighted by Crippen LogP contribution is 2.35. The number of ether oxygens (including phenoxy) is 1. The molecule has 3 heteroatoms. The van der Waals surface area contributed by atoms with Crippen LogP contribution in [0.4, 0.5) is 0 Å². The number of hydrogen-bond acceptors (Lipinski definition) is 3. The molecule has 1 fully saturated rings. The summed E-state index contributed by atoms with van der Waals surface area (Å²) >= 11 is 0. The minimum Gasteiger partial charge on any atom is -0.381 e. The number of hydrogen-bond donors (Lipinski definition) is 1. The number of nitrogens with zero attached hydrogens (tertiary/aromatic N) is 1. The van der Waals surface area contributed by atoms with Crippen molar-refractivity contribution in [1.29, 1.82) is 0 Å². The lowest BCUT2D eigenvalue weighted by Gasteiger charge is -2.49. The monoisotopic (exact) mass is 228 g/mol. The smallest absolute Gasteiger partial charge is 0.0572 e. The highest BCUT2D eigenvalue weighted by Gasteiger charge is 2.39. The molecule has 0 aromatic heterocycles. The van der Waals surface area contributed by atoms with E-state index in [4.69, 9.17) is 10.5 Å². The summed E-state index contributed by atoms with van der Waals surface area (Å²) in [6.07, 6.45) is 5.10. The zero-order valence-electron chi connectivity index (χ0n) is 11.3. The van der Waals surface area contributed by atoms with E-state index in [0.717, 1.165) is 25.9 Å². The second-order valence-corrected chi connectivity index (χ2v) is 5.24. The molecule has 0 aromatic rings. The van der Waals surface area contributed by atoms with E-state index in [0.29, 0.717) is 12.1 Å². The third-order valence-corrected chi connectivity index (χ3v) is 4.15. The molecule has 2 N–H and O–H groups in total. The van der Waals surface area contributed by atoms with Crippen molar-refractivity contribution in [3.63, 3.8) is 0 Å². The Labute approximate surface area is 100 Å². The molecule has 1 rings (SSSR count). The van der Waals surface area contributed by atoms with Crippen LogP contribution in [0.5, 0.6) is 0 Å². The van der Waals surface area contributed by atoms with Gasteiger partial charge in [0.1, 0.15) is 0 Å². The van der Waals surface area contributed by atoms with Crippen molar-refractivity contribution in [3.8, 4) is 0 Å². The first-order valence-electron chi connectivity index (χ1n) is 6.59. The fourth-order valence-electron chi connectivity index (χ4n) is 3.22. The molecular formula is C13H28N2O. The van der Waals surface area contributed by atoms with Crippen LogP contribution < -0.4 is 5.73 Å². The fourth-order valence-corrected chi connectivity index (χ4v) is 3.22. The van der Waals surface area contributed by atoms with Crippen molar-refractivity contribution >= 4 is 0 Å². The Balaban J connectivity index is 2.71. The third-order valence-electron chi connectivity index (χ3n) is 4.15. The molecule has 0 radical (unpaired) electrons. The largest absolute Gasteiger partial charge is 0.381 e. The SMILES string of the molecule is CCN(C(C)C)C1(CN)CCC(OC)CC1. The lowest BCUT2D eigenvalue weighted by atomic mass is 9.78. The molecular weight excluding hydrogens is 200 g/mol. The molecule has 0 atom stereocenters. The topological polar surface area (TPSA) is 38.5 Å². The number of rotatable bonds is 5. The minimum absolute atomic E-state index is 0.220. The van der Waals surface area contributed by atoms with Gasteiger partial charge < -0.3 is 10.5 Å². The average Bonchev–Trinajstić information content (AvgIpc) is 2.30. The Hall–Kier alpha value is -0.120. The average molecular weight is 228 g/mol. The maximum atomic E-state index is 6.06. The van der Waals surface area contributed by atoms with E-state index in [-0.39, 0.29) is 5.54 Å². The summed E-state index contributed by atoms with van der Waals surface area (Å²) in [4.78, 5) is 2.57. The zero-order valence-corrected chi connectivity index (χ0v) is 11.3. The van der Waals surface area contributed by atoms with E-state index in [2.05, 4.69) is 25.7 Å². The molecule has 3 nitrogen and oxygen atoms in total. The Morgan fingerprint density at radius 3 is 2.25 bits per heavy atom. The normalized spacial score (nSPS) is 31.3. The van der Waals surface area contributed by atoms with Crippen LogP contribution in [0.2, 0.25) is 0 Å². The molecule has 0 aliphatic heterocycles. The Morgan fingerprint density at radius 1 is 1.38 bits per heavy atom. The van der Waals surface area contributed by atoms with Gasteiger partial charge in [-0.2, -0.15) is 0 Å². The molecule has 16 heavy (non-hydrogen) atoms. The minimum atomic E-state index is 0.220. The molecule has 0 heterocycles. The molecule has 0 spiro atoms. The molecule has 0 bridgehead atoms. The van der Waals surface area contributed by atoms with Gasteiger partial charge in [-0.25, -0.2) is 0 Å². The third kappa shape index (κ3) is 2.76. The molecule has 1 aliphatic carbocycles. The van der Waals surface area contributed by atoms with E-state index >= 15 is 0 Å². The lowest BCUT2D eigenvalue weighted by molar-refractivity contribution is -0.0177. The Bertz CT molecular complexity index is 198. The van der Waals surface area contributed by atoms with Crippen LogP contribution in [0.25, 0.3) is 0 Å². The van der Waals surface area contributed by atoms with E-state index in [1.807, 2.05) is 7.11 Å². The van der Waals surface area contributed by atoms with Crippen LogP contribution in [0, 0.1) is 0 Å². The fraction of sp³-hybridized carbons (Fsp3) is 1.00. The second-order valence-electron chi connectivity index (χ2n) is 5.24. The summed E-state index contributed by atoms with van der Waals surface area (Å²) in [6.45, 7) is 8.63. The van der Waals surface area contributed by atoms with Crippen molar-refractivity contribution < 1.29 is 4.74 Å². The summed E-state index contributed by atoms with van der Waals surface area (Å²) in [7, 11) is 1.82. The van der Waals surface area contributed by atoms with E-state index < -0.39 is 0 Å². The first-order valence-corrected chi connectivity index (χ1v) is 6.59. The molecule has 1 saturated carbocycles. The first kappa shape index (κ1) is 13.9. The van der Waals surface area contributed by atoms with Gasteiger partial charge in [0.2, 0.25) is 0 Å². The van der Waals surface area contributed by atoms with E-state index in [1.165, 1.54) is 12.8 Å². The van der Waals surface area contributed by atoms with E-state index in [1.54, 1.807) is 0 Å². The molecule has 0 unspecified atom stereocenters. The van der Waals surface area contributed by atoms with Gasteiger partial charge in [-0.3, -0.25) is 4.90 Å². The number of likely N-dealkylation sites (N-methyl/N-ethyl adjacent to an activating group) is 1. The lowest BCUT2D eigenvalue weighted by Crippen LogP contribution is -2.58. The summed E-state index contributed by atoms with van der Waals surface area (Å²) in [5, 5.41) is 0. The van der Waals surface area contributed by atoms with Crippen molar-refractivity contribution in [1.82, 2.24) is 4.90 Å². The Kier molecular flexibility index (Phi) is 5.22. The van der Waals surface area contributed by atoms with Gasteiger partial charge in [-0.15, -0.1) is 0 Å². The van der Waals surface area contributed by atoms with Crippen LogP contribution in [0.3, 0.4) is 0 Å². The van der Waals surface area contributed by atoms with Crippen LogP contribution in [0.15, 0.2) is 0 Å². The van der Waals surface area contributed by atoms with Gasteiger partial charge in [0.05, 0.1) is 6.10 Å². The maximum Gasteiger partial charge on any atom is 0.0572 e. The molecule has 0 amide bonds. The quantitative estimate of drug-likeness (QED) is 0.782. The Morgan fingerprint density at radius 2 is 1.94 bits per heavy atom. The van der Waals surface area contributed by atoms with Gasteiger partial charge in [-0.05, 0) is 46.1 Å². The molecule has 0 aromatic carbocycles. The van der Waals surface area contributed by atoms with Crippen LogP contribution in [0.1, 0.15) is 46.5 Å². The second kappa shape index (κ2) is 5.99. The zero-order chi connectivity index (χ0) is 12.2. The van der Waals surface area contributed by atoms with Gasteiger partial charge in [0.15, 0.2) is 0 Å². The van der Waals surface area contributed by atoms with Gasteiger partial charge in [0.25, 0.3) is 0 Å². The summed E-state index contributed by atoms with van der Waals surface area (Å²) in [6, 6.07) is 0.577. The number of methoxy groups -OCH3 is 1. The van der Waals surface area contributed by atoms with Crippen molar-refractivity contribution in [2.45, 2.75) is 64.1 Å². The van der Waals surface area contributed by atoms with Crippen molar-refractivity contribution in [2.24, 2.45) is 5.73 Å². The highest BCUT2D eigenvalue weighted by molar-refractivity contribution is 4.97. The first-order chi connectivity index (χ1) is 7.59. The predicted molar refractivity (Wildman–Crippen MR) is 68.6 cm³/mol. The van der Waals surface area contributed by atoms with E-state index in [9.17, 15) is 0 Å². The predicted octanol–water partition coefficient (Wildman–Crippen LogP) is 2.00. The van der Waals surface area contributed by atoms with Gasteiger partial charge >= 0.3 is 0 Å². The molecule has 96 valence electrons. The number of nitrogens with two attached hydrogens (primary N) is 1. The maximum absolute atomic E-state index is 6.06. The van der Waals surface area contributed by atoms with Gasteiger partial charge in [0, 0.05) is 25.2 Å². The standard InChI is InChI=1S/C13H28N2O/c1-5-15(11(2)3)13(10-14)8-6-12(16-4)7-9-13/h11-12H,5-10,14H2,1-4H3. The molecule has 0 saturated heterocycles. The van der Waals surface area contributed by atoms with Gasteiger partial charge in [-0.1, -0.05) is 6.92 Å². The van der Waals surface area contributed by atoms with Crippen molar-refractivity contribution in [2.75, 3.05) is 20.2 Å². The van der Waals surface area contributed by atoms with Crippen LogP contribution >= 0.6 is 0 Å².